The smallest absolute Gasteiger partial charge is 0.0106 e. The van der Waals surface area contributed by atoms with Crippen LogP contribution in [0.1, 0.15) is 19.8 Å². The van der Waals surface area contributed by atoms with Crippen molar-refractivity contribution in [2.75, 3.05) is 19.6 Å². The molecule has 1 aliphatic rings. The molecule has 0 aromatic carbocycles. The fourth-order valence-corrected chi connectivity index (χ4v) is 1.65. The number of rotatable bonds is 2. The molecule has 2 N–H and O–H groups in total. The van der Waals surface area contributed by atoms with Crippen LogP contribution < -0.4 is 5.73 Å². The summed E-state index contributed by atoms with van der Waals surface area (Å²) < 4.78 is 0. The maximum absolute atomic E-state index is 5.66. The van der Waals surface area contributed by atoms with Gasteiger partial charge in [0.25, 0.3) is 0 Å². The van der Waals surface area contributed by atoms with E-state index in [9.17, 15) is 0 Å². The maximum atomic E-state index is 5.66. The lowest BCUT2D eigenvalue weighted by Gasteiger charge is -2.31. The molecule has 1 saturated heterocycles. The summed E-state index contributed by atoms with van der Waals surface area (Å²) in [5.41, 5.74) is 6.53. The lowest BCUT2D eigenvalue weighted by Crippen LogP contribution is -2.36. The van der Waals surface area contributed by atoms with Gasteiger partial charge in [-0.25, -0.2) is 0 Å². The van der Waals surface area contributed by atoms with Crippen LogP contribution in [-0.2, 0) is 0 Å². The monoisotopic (exact) mass is 154 g/mol. The molecule has 0 aromatic rings. The normalized spacial score (nSPS) is 26.8. The molecule has 11 heavy (non-hydrogen) atoms. The third kappa shape index (κ3) is 2.22. The van der Waals surface area contributed by atoms with Crippen molar-refractivity contribution in [3.8, 4) is 0 Å². The number of nitrogens with two attached hydrogens (primary N) is 1. The zero-order chi connectivity index (χ0) is 8.27. The predicted molar refractivity (Wildman–Crippen MR) is 48.2 cm³/mol. The number of likely N-dealkylation sites (tertiary alicyclic amines) is 1. The van der Waals surface area contributed by atoms with Gasteiger partial charge in [-0.05, 0) is 25.9 Å². The first-order valence-corrected chi connectivity index (χ1v) is 4.40. The highest BCUT2D eigenvalue weighted by Crippen LogP contribution is 2.19. The Morgan fingerprint density at radius 3 is 3.00 bits per heavy atom. The molecule has 0 saturated carbocycles. The predicted octanol–water partition coefficient (Wildman–Crippen LogP) is 1.19. The summed E-state index contributed by atoms with van der Waals surface area (Å²) in [6.45, 7) is 9.49. The van der Waals surface area contributed by atoms with Gasteiger partial charge in [0.1, 0.15) is 0 Å². The molecule has 1 fully saturated rings. The molecule has 2 heteroatoms. The third-order valence-electron chi connectivity index (χ3n) is 2.48. The molecule has 0 aliphatic carbocycles. The second-order valence-corrected chi connectivity index (χ2v) is 3.31. The van der Waals surface area contributed by atoms with E-state index < -0.39 is 0 Å². The van der Waals surface area contributed by atoms with Crippen LogP contribution in [0.2, 0.25) is 0 Å². The van der Waals surface area contributed by atoms with Gasteiger partial charge >= 0.3 is 0 Å². The first-order valence-electron chi connectivity index (χ1n) is 4.40. The van der Waals surface area contributed by atoms with E-state index in [1.54, 1.807) is 0 Å². The van der Waals surface area contributed by atoms with Crippen molar-refractivity contribution in [1.29, 1.82) is 0 Å². The first-order chi connectivity index (χ1) is 5.24. The van der Waals surface area contributed by atoms with Gasteiger partial charge in [0.15, 0.2) is 0 Å². The molecule has 1 rings (SSSR count). The second-order valence-electron chi connectivity index (χ2n) is 3.31. The van der Waals surface area contributed by atoms with Crippen LogP contribution in [0.15, 0.2) is 12.3 Å². The summed E-state index contributed by atoms with van der Waals surface area (Å²) in [5.74, 6) is 0.545. The summed E-state index contributed by atoms with van der Waals surface area (Å²) >= 11 is 0. The van der Waals surface area contributed by atoms with E-state index in [0.29, 0.717) is 5.92 Å². The zero-order valence-electron chi connectivity index (χ0n) is 7.34. The van der Waals surface area contributed by atoms with Gasteiger partial charge in [-0.3, -0.25) is 0 Å². The van der Waals surface area contributed by atoms with Gasteiger partial charge in [-0.1, -0.05) is 13.5 Å². The van der Waals surface area contributed by atoms with Crippen LogP contribution >= 0.6 is 0 Å². The van der Waals surface area contributed by atoms with Crippen molar-refractivity contribution in [3.05, 3.63) is 12.3 Å². The third-order valence-corrected chi connectivity index (χ3v) is 2.48. The van der Waals surface area contributed by atoms with Crippen LogP contribution in [0.25, 0.3) is 0 Å². The van der Waals surface area contributed by atoms with E-state index >= 15 is 0 Å². The number of hydrogen-bond acceptors (Lipinski definition) is 2. The van der Waals surface area contributed by atoms with Gasteiger partial charge in [-0.15, -0.1) is 0 Å². The highest BCUT2D eigenvalue weighted by atomic mass is 15.1. The van der Waals surface area contributed by atoms with E-state index in [2.05, 4.69) is 18.4 Å². The molecule has 0 spiro atoms. The van der Waals surface area contributed by atoms with Crippen LogP contribution in [0.5, 0.6) is 0 Å². The largest absolute Gasteiger partial charge is 0.402 e. The van der Waals surface area contributed by atoms with Crippen molar-refractivity contribution in [1.82, 2.24) is 4.90 Å². The standard InChI is InChI=1S/C9H18N2/c1-3-11-6-4-5-9(7-11)8(2)10/h9H,2-7,10H2,1H3. The second kappa shape index (κ2) is 3.77. The highest BCUT2D eigenvalue weighted by molar-refractivity contribution is 4.97. The lowest BCUT2D eigenvalue weighted by molar-refractivity contribution is 0.200. The van der Waals surface area contributed by atoms with Gasteiger partial charge in [-0.2, -0.15) is 0 Å². The minimum Gasteiger partial charge on any atom is -0.402 e. The Labute approximate surface area is 69.1 Å². The number of hydrogen-bond donors (Lipinski definition) is 1. The molecule has 0 amide bonds. The maximum Gasteiger partial charge on any atom is 0.0106 e. The van der Waals surface area contributed by atoms with Crippen LogP contribution in [0.4, 0.5) is 0 Å². The minimum absolute atomic E-state index is 0.545. The fraction of sp³-hybridized carbons (Fsp3) is 0.778. The fourth-order valence-electron chi connectivity index (χ4n) is 1.65. The van der Waals surface area contributed by atoms with Crippen molar-refractivity contribution in [2.45, 2.75) is 19.8 Å². The van der Waals surface area contributed by atoms with Gasteiger partial charge in [0, 0.05) is 18.2 Å². The number of nitrogens with zero attached hydrogens (tertiary/aromatic N) is 1. The molecule has 1 unspecified atom stereocenters. The average Bonchev–Trinajstić information content (AvgIpc) is 2.05. The van der Waals surface area contributed by atoms with Gasteiger partial charge in [0.2, 0.25) is 0 Å². The van der Waals surface area contributed by atoms with E-state index in [1.165, 1.54) is 19.4 Å². The topological polar surface area (TPSA) is 29.3 Å². The van der Waals surface area contributed by atoms with E-state index in [0.717, 1.165) is 18.8 Å². The quantitative estimate of drug-likeness (QED) is 0.647. The Hall–Kier alpha value is -0.500. The molecule has 1 aliphatic heterocycles. The van der Waals surface area contributed by atoms with Gasteiger partial charge < -0.3 is 10.6 Å². The molecule has 0 bridgehead atoms. The van der Waals surface area contributed by atoms with Crippen LogP contribution in [0, 0.1) is 5.92 Å². The number of piperidine rings is 1. The van der Waals surface area contributed by atoms with E-state index in [4.69, 9.17) is 5.73 Å². The SMILES string of the molecule is C=C(N)C1CCCN(CC)C1. The molecule has 1 heterocycles. The molecular weight excluding hydrogens is 136 g/mol. The van der Waals surface area contributed by atoms with Crippen molar-refractivity contribution >= 4 is 0 Å². The summed E-state index contributed by atoms with van der Waals surface area (Å²) in [6.07, 6.45) is 2.50. The molecular formula is C9H18N2. The Kier molecular flexibility index (Phi) is 2.94. The Morgan fingerprint density at radius 2 is 2.45 bits per heavy atom. The summed E-state index contributed by atoms with van der Waals surface area (Å²) in [4.78, 5) is 2.44. The summed E-state index contributed by atoms with van der Waals surface area (Å²) in [7, 11) is 0. The molecule has 2 nitrogen and oxygen atoms in total. The molecule has 1 atom stereocenters. The first kappa shape index (κ1) is 8.60. The Balaban J connectivity index is 2.39. The van der Waals surface area contributed by atoms with Crippen molar-refractivity contribution < 1.29 is 0 Å². The molecule has 0 aromatic heterocycles. The molecule has 0 radical (unpaired) electrons. The van der Waals surface area contributed by atoms with Crippen LogP contribution in [-0.4, -0.2) is 24.5 Å². The van der Waals surface area contributed by atoms with E-state index in [1.807, 2.05) is 0 Å². The molecule has 64 valence electrons. The Bertz CT molecular complexity index is 142. The minimum atomic E-state index is 0.545. The van der Waals surface area contributed by atoms with Crippen molar-refractivity contribution in [3.63, 3.8) is 0 Å². The van der Waals surface area contributed by atoms with Crippen molar-refractivity contribution in [2.24, 2.45) is 11.7 Å². The highest BCUT2D eigenvalue weighted by Gasteiger charge is 2.18. The van der Waals surface area contributed by atoms with Gasteiger partial charge in [0.05, 0.1) is 0 Å². The Morgan fingerprint density at radius 1 is 1.73 bits per heavy atom. The summed E-state index contributed by atoms with van der Waals surface area (Å²) in [6, 6.07) is 0. The average molecular weight is 154 g/mol. The van der Waals surface area contributed by atoms with Crippen LogP contribution in [0.3, 0.4) is 0 Å². The lowest BCUT2D eigenvalue weighted by atomic mass is 9.96. The summed E-state index contributed by atoms with van der Waals surface area (Å²) in [5, 5.41) is 0. The van der Waals surface area contributed by atoms with E-state index in [-0.39, 0.29) is 0 Å². The zero-order valence-corrected chi connectivity index (χ0v) is 7.34.